The Morgan fingerprint density at radius 3 is 2.67 bits per heavy atom. The fraction of sp³-hybridized carbons (Fsp3) is 1.00. The van der Waals surface area contributed by atoms with Crippen molar-refractivity contribution in [3.63, 3.8) is 0 Å². The van der Waals surface area contributed by atoms with Gasteiger partial charge in [0.05, 0.1) is 0 Å². The van der Waals surface area contributed by atoms with Crippen LogP contribution in [0.5, 0.6) is 0 Å². The van der Waals surface area contributed by atoms with Gasteiger partial charge in [0.15, 0.2) is 0 Å². The third kappa shape index (κ3) is 3.09. The monoisotopic (exact) mass is 171 g/mol. The second-order valence-electron chi connectivity index (χ2n) is 3.61. The molecule has 2 atom stereocenters. The van der Waals surface area contributed by atoms with Crippen LogP contribution in [-0.2, 0) is 0 Å². The van der Waals surface area contributed by atoms with Crippen LogP contribution in [0, 0.1) is 0 Å². The molecule has 1 rings (SSSR count). The van der Waals surface area contributed by atoms with E-state index in [1.54, 1.807) is 0 Å². The van der Waals surface area contributed by atoms with E-state index in [9.17, 15) is 0 Å². The SMILES string of the molecule is CNCCNC1CCCCC1N. The van der Waals surface area contributed by atoms with E-state index in [-0.39, 0.29) is 0 Å². The highest BCUT2D eigenvalue weighted by Gasteiger charge is 2.20. The van der Waals surface area contributed by atoms with Gasteiger partial charge in [0, 0.05) is 25.2 Å². The van der Waals surface area contributed by atoms with Crippen molar-refractivity contribution in [2.75, 3.05) is 20.1 Å². The predicted molar refractivity (Wildman–Crippen MR) is 52.2 cm³/mol. The van der Waals surface area contributed by atoms with Crippen molar-refractivity contribution in [3.05, 3.63) is 0 Å². The van der Waals surface area contributed by atoms with Crippen molar-refractivity contribution in [1.82, 2.24) is 10.6 Å². The second-order valence-corrected chi connectivity index (χ2v) is 3.61. The molecule has 3 heteroatoms. The summed E-state index contributed by atoms with van der Waals surface area (Å²) in [6.07, 6.45) is 5.10. The first-order chi connectivity index (χ1) is 5.84. The van der Waals surface area contributed by atoms with E-state index in [0.29, 0.717) is 12.1 Å². The van der Waals surface area contributed by atoms with Crippen molar-refractivity contribution in [1.29, 1.82) is 0 Å². The fourth-order valence-electron chi connectivity index (χ4n) is 1.80. The van der Waals surface area contributed by atoms with Crippen LogP contribution in [-0.4, -0.2) is 32.2 Å². The van der Waals surface area contributed by atoms with Gasteiger partial charge < -0.3 is 16.4 Å². The molecule has 2 unspecified atom stereocenters. The standard InChI is InChI=1S/C9H21N3/c1-11-6-7-12-9-5-3-2-4-8(9)10/h8-9,11-12H,2-7,10H2,1H3. The van der Waals surface area contributed by atoms with Gasteiger partial charge in [-0.25, -0.2) is 0 Å². The van der Waals surface area contributed by atoms with Crippen LogP contribution in [0.2, 0.25) is 0 Å². The molecule has 0 amide bonds. The summed E-state index contributed by atoms with van der Waals surface area (Å²) in [5, 5.41) is 6.60. The Morgan fingerprint density at radius 1 is 1.25 bits per heavy atom. The first-order valence-corrected chi connectivity index (χ1v) is 4.98. The normalized spacial score (nSPS) is 30.5. The zero-order chi connectivity index (χ0) is 8.81. The van der Waals surface area contributed by atoms with Gasteiger partial charge in [-0.3, -0.25) is 0 Å². The number of likely N-dealkylation sites (N-methyl/N-ethyl adjacent to an activating group) is 1. The molecule has 1 aliphatic rings. The molecule has 0 aliphatic heterocycles. The van der Waals surface area contributed by atoms with Crippen LogP contribution in [0.25, 0.3) is 0 Å². The summed E-state index contributed by atoms with van der Waals surface area (Å²) < 4.78 is 0. The van der Waals surface area contributed by atoms with Gasteiger partial charge in [-0.05, 0) is 19.9 Å². The third-order valence-corrected chi connectivity index (χ3v) is 2.60. The minimum absolute atomic E-state index is 0.385. The molecular formula is C9H21N3. The molecule has 0 radical (unpaired) electrons. The van der Waals surface area contributed by atoms with Gasteiger partial charge in [-0.1, -0.05) is 12.8 Å². The Balaban J connectivity index is 2.11. The van der Waals surface area contributed by atoms with Crippen LogP contribution >= 0.6 is 0 Å². The quantitative estimate of drug-likeness (QED) is 0.524. The summed E-state index contributed by atoms with van der Waals surface area (Å²) in [4.78, 5) is 0. The predicted octanol–water partition coefficient (Wildman–Crippen LogP) is 0.0653. The highest BCUT2D eigenvalue weighted by molar-refractivity contribution is 4.83. The molecule has 0 heterocycles. The molecule has 4 N–H and O–H groups in total. The Bertz CT molecular complexity index is 116. The topological polar surface area (TPSA) is 50.1 Å². The van der Waals surface area contributed by atoms with Crippen LogP contribution in [0.4, 0.5) is 0 Å². The molecule has 72 valence electrons. The van der Waals surface area contributed by atoms with Crippen molar-refractivity contribution >= 4 is 0 Å². The van der Waals surface area contributed by atoms with E-state index in [1.165, 1.54) is 25.7 Å². The van der Waals surface area contributed by atoms with E-state index in [2.05, 4.69) is 10.6 Å². The summed E-state index contributed by atoms with van der Waals surface area (Å²) in [5.41, 5.74) is 5.98. The number of hydrogen-bond donors (Lipinski definition) is 3. The lowest BCUT2D eigenvalue weighted by molar-refractivity contribution is 0.329. The lowest BCUT2D eigenvalue weighted by Gasteiger charge is -2.29. The first-order valence-electron chi connectivity index (χ1n) is 4.98. The highest BCUT2D eigenvalue weighted by atomic mass is 15.0. The highest BCUT2D eigenvalue weighted by Crippen LogP contribution is 2.16. The molecule has 3 nitrogen and oxygen atoms in total. The molecule has 1 aliphatic carbocycles. The molecule has 0 aromatic rings. The van der Waals surface area contributed by atoms with Gasteiger partial charge in [-0.15, -0.1) is 0 Å². The lowest BCUT2D eigenvalue weighted by atomic mass is 9.91. The van der Waals surface area contributed by atoms with Crippen LogP contribution in [0.15, 0.2) is 0 Å². The van der Waals surface area contributed by atoms with E-state index in [4.69, 9.17) is 5.73 Å². The first kappa shape index (κ1) is 9.96. The minimum atomic E-state index is 0.385. The smallest absolute Gasteiger partial charge is 0.0219 e. The summed E-state index contributed by atoms with van der Waals surface area (Å²) >= 11 is 0. The average Bonchev–Trinajstić information content (AvgIpc) is 2.09. The van der Waals surface area contributed by atoms with Gasteiger partial charge in [0.2, 0.25) is 0 Å². The lowest BCUT2D eigenvalue weighted by Crippen LogP contribution is -2.48. The minimum Gasteiger partial charge on any atom is -0.326 e. The second kappa shape index (κ2) is 5.51. The Kier molecular flexibility index (Phi) is 4.58. The molecule has 1 fully saturated rings. The van der Waals surface area contributed by atoms with Crippen molar-refractivity contribution in [2.24, 2.45) is 5.73 Å². The third-order valence-electron chi connectivity index (χ3n) is 2.60. The van der Waals surface area contributed by atoms with Gasteiger partial charge in [0.25, 0.3) is 0 Å². The number of nitrogens with two attached hydrogens (primary N) is 1. The van der Waals surface area contributed by atoms with Crippen LogP contribution in [0.1, 0.15) is 25.7 Å². The van der Waals surface area contributed by atoms with Gasteiger partial charge >= 0.3 is 0 Å². The zero-order valence-corrected chi connectivity index (χ0v) is 7.97. The fourth-order valence-corrected chi connectivity index (χ4v) is 1.80. The molecule has 0 aromatic heterocycles. The van der Waals surface area contributed by atoms with E-state index < -0.39 is 0 Å². The van der Waals surface area contributed by atoms with Crippen molar-refractivity contribution in [3.8, 4) is 0 Å². The maximum atomic E-state index is 5.98. The molecular weight excluding hydrogens is 150 g/mol. The van der Waals surface area contributed by atoms with E-state index in [0.717, 1.165) is 13.1 Å². The summed E-state index contributed by atoms with van der Waals surface area (Å²) in [6.45, 7) is 2.07. The molecule has 0 saturated heterocycles. The number of rotatable bonds is 4. The number of hydrogen-bond acceptors (Lipinski definition) is 3. The van der Waals surface area contributed by atoms with Crippen LogP contribution < -0.4 is 16.4 Å². The molecule has 0 aromatic carbocycles. The summed E-state index contributed by atoms with van der Waals surface area (Å²) in [6, 6.07) is 0.947. The molecule has 1 saturated carbocycles. The number of nitrogens with one attached hydrogen (secondary N) is 2. The van der Waals surface area contributed by atoms with Gasteiger partial charge in [0.1, 0.15) is 0 Å². The Labute approximate surface area is 75.1 Å². The Hall–Kier alpha value is -0.120. The average molecular weight is 171 g/mol. The van der Waals surface area contributed by atoms with Crippen molar-refractivity contribution in [2.45, 2.75) is 37.8 Å². The summed E-state index contributed by atoms with van der Waals surface area (Å²) in [5.74, 6) is 0. The maximum Gasteiger partial charge on any atom is 0.0219 e. The van der Waals surface area contributed by atoms with Crippen LogP contribution in [0.3, 0.4) is 0 Å². The molecule has 12 heavy (non-hydrogen) atoms. The molecule has 0 spiro atoms. The summed E-state index contributed by atoms with van der Waals surface area (Å²) in [7, 11) is 1.97. The zero-order valence-electron chi connectivity index (χ0n) is 7.97. The largest absolute Gasteiger partial charge is 0.326 e. The van der Waals surface area contributed by atoms with Gasteiger partial charge in [-0.2, -0.15) is 0 Å². The van der Waals surface area contributed by atoms with E-state index >= 15 is 0 Å². The Morgan fingerprint density at radius 2 is 2.00 bits per heavy atom. The van der Waals surface area contributed by atoms with E-state index in [1.807, 2.05) is 7.05 Å². The van der Waals surface area contributed by atoms with Crippen molar-refractivity contribution < 1.29 is 0 Å². The molecule has 0 bridgehead atoms. The maximum absolute atomic E-state index is 5.98.